The van der Waals surface area contributed by atoms with Gasteiger partial charge in [-0.25, -0.2) is 4.79 Å². The van der Waals surface area contributed by atoms with Gasteiger partial charge in [0.2, 0.25) is 0 Å². The van der Waals surface area contributed by atoms with E-state index >= 15 is 0 Å². The number of carbonyl (C=O) groups excluding carboxylic acids is 1. The summed E-state index contributed by atoms with van der Waals surface area (Å²) in [5.74, 6) is 1.61. The molecule has 5 rings (SSSR count). The first-order valence-electron chi connectivity index (χ1n) is 11.4. The fraction of sp³-hybridized carbons (Fsp3) is 0.250. The molecule has 0 aliphatic carbocycles. The second kappa shape index (κ2) is 8.78. The van der Waals surface area contributed by atoms with Crippen LogP contribution in [0.3, 0.4) is 0 Å². The molecule has 2 N–H and O–H groups in total. The van der Waals surface area contributed by atoms with E-state index in [1.165, 1.54) is 5.56 Å². The fourth-order valence-corrected chi connectivity index (χ4v) is 4.99. The lowest BCUT2D eigenvalue weighted by atomic mass is 9.92. The SMILES string of the molecule is COc1ccc([C@@H]2c3[nH]c4ccc(OC)cc4c3CCN2C(=O)Nc2cc(C)cc(C)c2)cc1. The van der Waals surface area contributed by atoms with Crippen LogP contribution in [0.2, 0.25) is 0 Å². The summed E-state index contributed by atoms with van der Waals surface area (Å²) >= 11 is 0. The Hall–Kier alpha value is -3.93. The van der Waals surface area contributed by atoms with Gasteiger partial charge in [0.1, 0.15) is 11.5 Å². The summed E-state index contributed by atoms with van der Waals surface area (Å²) in [6.45, 7) is 4.67. The van der Waals surface area contributed by atoms with Gasteiger partial charge in [0.25, 0.3) is 0 Å². The highest BCUT2D eigenvalue weighted by molar-refractivity contribution is 5.92. The molecule has 1 aliphatic rings. The molecule has 1 aliphatic heterocycles. The number of methoxy groups -OCH3 is 2. The van der Waals surface area contributed by atoms with E-state index in [0.29, 0.717) is 6.54 Å². The van der Waals surface area contributed by atoms with Gasteiger partial charge >= 0.3 is 6.03 Å². The number of nitrogens with one attached hydrogen (secondary N) is 2. The molecular weight excluding hydrogens is 426 g/mol. The lowest BCUT2D eigenvalue weighted by Gasteiger charge is -2.36. The minimum absolute atomic E-state index is 0.118. The number of ether oxygens (including phenoxy) is 2. The first-order chi connectivity index (χ1) is 16.5. The third kappa shape index (κ3) is 3.96. The zero-order valence-corrected chi connectivity index (χ0v) is 19.9. The second-order valence-corrected chi connectivity index (χ2v) is 8.85. The number of aromatic nitrogens is 1. The number of anilines is 1. The quantitative estimate of drug-likeness (QED) is 0.398. The van der Waals surface area contributed by atoms with E-state index < -0.39 is 0 Å². The summed E-state index contributed by atoms with van der Waals surface area (Å²) in [5.41, 5.74) is 7.38. The smallest absolute Gasteiger partial charge is 0.322 e. The average Bonchev–Trinajstić information content (AvgIpc) is 3.20. The molecule has 174 valence electrons. The van der Waals surface area contributed by atoms with Gasteiger partial charge in [-0.1, -0.05) is 18.2 Å². The number of aryl methyl sites for hydroxylation is 2. The summed E-state index contributed by atoms with van der Waals surface area (Å²) in [7, 11) is 3.34. The van der Waals surface area contributed by atoms with Gasteiger partial charge in [-0.2, -0.15) is 0 Å². The van der Waals surface area contributed by atoms with Crippen LogP contribution in [-0.2, 0) is 6.42 Å². The van der Waals surface area contributed by atoms with Gasteiger partial charge in [-0.05, 0) is 85.0 Å². The van der Waals surface area contributed by atoms with E-state index in [0.717, 1.165) is 56.9 Å². The molecule has 0 unspecified atom stereocenters. The van der Waals surface area contributed by atoms with Crippen molar-refractivity contribution in [1.82, 2.24) is 9.88 Å². The maximum atomic E-state index is 13.6. The van der Waals surface area contributed by atoms with Crippen LogP contribution in [0.15, 0.2) is 60.7 Å². The molecule has 3 aromatic carbocycles. The Bertz CT molecular complexity index is 1340. The molecule has 0 spiro atoms. The number of aromatic amines is 1. The van der Waals surface area contributed by atoms with Gasteiger partial charge in [-0.3, -0.25) is 0 Å². The number of hydrogen-bond donors (Lipinski definition) is 2. The Labute approximate surface area is 199 Å². The minimum Gasteiger partial charge on any atom is -0.497 e. The van der Waals surface area contributed by atoms with E-state index in [1.54, 1.807) is 14.2 Å². The van der Waals surface area contributed by atoms with Gasteiger partial charge in [0.05, 0.1) is 20.3 Å². The second-order valence-electron chi connectivity index (χ2n) is 8.85. The molecule has 0 fully saturated rings. The number of fused-ring (bicyclic) bond motifs is 3. The van der Waals surface area contributed by atoms with E-state index in [4.69, 9.17) is 9.47 Å². The van der Waals surface area contributed by atoms with Crippen molar-refractivity contribution < 1.29 is 14.3 Å². The van der Waals surface area contributed by atoms with Crippen LogP contribution in [0.1, 0.15) is 34.0 Å². The molecule has 1 atom stereocenters. The first kappa shape index (κ1) is 21.9. The van der Waals surface area contributed by atoms with Crippen LogP contribution in [0.5, 0.6) is 11.5 Å². The number of benzene rings is 3. The number of carbonyl (C=O) groups is 1. The molecule has 34 heavy (non-hydrogen) atoms. The maximum Gasteiger partial charge on any atom is 0.322 e. The van der Waals surface area contributed by atoms with Crippen LogP contribution in [0, 0.1) is 13.8 Å². The molecule has 0 bridgehead atoms. The number of H-pyrrole nitrogens is 1. The standard InChI is InChI=1S/C28H29N3O3/c1-17-13-18(2)15-20(14-17)29-28(32)31-12-11-23-24-16-22(34-4)9-10-25(24)30-26(23)27(31)19-5-7-21(33-3)8-6-19/h5-10,13-16,27,30H,11-12H2,1-4H3,(H,29,32)/t27-/m1/s1. The van der Waals surface area contributed by atoms with Crippen molar-refractivity contribution in [3.05, 3.63) is 88.6 Å². The number of urea groups is 1. The Morgan fingerprint density at radius 1 is 0.941 bits per heavy atom. The van der Waals surface area contributed by atoms with Crippen molar-refractivity contribution in [3.8, 4) is 11.5 Å². The number of amides is 2. The number of rotatable bonds is 4. The highest BCUT2D eigenvalue weighted by Gasteiger charge is 2.34. The average molecular weight is 456 g/mol. The molecule has 2 heterocycles. The first-order valence-corrected chi connectivity index (χ1v) is 11.4. The predicted octanol–water partition coefficient (Wildman–Crippen LogP) is 5.98. The van der Waals surface area contributed by atoms with Crippen molar-refractivity contribution in [1.29, 1.82) is 0 Å². The zero-order chi connectivity index (χ0) is 23.8. The Balaban J connectivity index is 1.58. The van der Waals surface area contributed by atoms with E-state index in [2.05, 4.69) is 22.4 Å². The third-order valence-electron chi connectivity index (χ3n) is 6.50. The van der Waals surface area contributed by atoms with E-state index in [1.807, 2.05) is 67.3 Å². The van der Waals surface area contributed by atoms with Crippen molar-refractivity contribution in [2.75, 3.05) is 26.1 Å². The summed E-state index contributed by atoms with van der Waals surface area (Å²) < 4.78 is 10.8. The van der Waals surface area contributed by atoms with Crippen molar-refractivity contribution in [2.24, 2.45) is 0 Å². The predicted molar refractivity (Wildman–Crippen MR) is 135 cm³/mol. The zero-order valence-electron chi connectivity index (χ0n) is 19.9. The number of nitrogens with zero attached hydrogens (tertiary/aromatic N) is 1. The Kier molecular flexibility index (Phi) is 5.65. The number of hydrogen-bond acceptors (Lipinski definition) is 3. The molecular formula is C28H29N3O3. The Morgan fingerprint density at radius 2 is 1.62 bits per heavy atom. The van der Waals surface area contributed by atoms with Crippen molar-refractivity contribution in [3.63, 3.8) is 0 Å². The van der Waals surface area contributed by atoms with Gasteiger partial charge < -0.3 is 24.7 Å². The highest BCUT2D eigenvalue weighted by atomic mass is 16.5. The monoisotopic (exact) mass is 455 g/mol. The van der Waals surface area contributed by atoms with Crippen LogP contribution in [0.4, 0.5) is 10.5 Å². The molecule has 0 radical (unpaired) electrons. The van der Waals surface area contributed by atoms with Crippen molar-refractivity contribution >= 4 is 22.6 Å². The Morgan fingerprint density at radius 3 is 2.29 bits per heavy atom. The lowest BCUT2D eigenvalue weighted by molar-refractivity contribution is 0.193. The van der Waals surface area contributed by atoms with Crippen LogP contribution >= 0.6 is 0 Å². The van der Waals surface area contributed by atoms with Crippen LogP contribution in [0.25, 0.3) is 10.9 Å². The van der Waals surface area contributed by atoms with Gasteiger partial charge in [-0.15, -0.1) is 0 Å². The lowest BCUT2D eigenvalue weighted by Crippen LogP contribution is -2.43. The maximum absolute atomic E-state index is 13.6. The normalized spacial score (nSPS) is 15.2. The van der Waals surface area contributed by atoms with Crippen LogP contribution < -0.4 is 14.8 Å². The third-order valence-corrected chi connectivity index (χ3v) is 6.50. The fourth-order valence-electron chi connectivity index (χ4n) is 4.99. The van der Waals surface area contributed by atoms with Crippen molar-refractivity contribution in [2.45, 2.75) is 26.3 Å². The summed E-state index contributed by atoms with van der Waals surface area (Å²) in [6, 6.07) is 19.7. The molecule has 0 saturated carbocycles. The highest BCUT2D eigenvalue weighted by Crippen LogP contribution is 2.40. The molecule has 0 saturated heterocycles. The molecule has 1 aromatic heterocycles. The van der Waals surface area contributed by atoms with E-state index in [9.17, 15) is 4.79 Å². The topological polar surface area (TPSA) is 66.6 Å². The minimum atomic E-state index is -0.251. The van der Waals surface area contributed by atoms with Gasteiger partial charge in [0, 0.05) is 28.8 Å². The molecule has 2 amide bonds. The van der Waals surface area contributed by atoms with Gasteiger partial charge in [0.15, 0.2) is 0 Å². The molecule has 4 aromatic rings. The summed E-state index contributed by atoms with van der Waals surface area (Å²) in [4.78, 5) is 19.1. The molecule has 6 nitrogen and oxygen atoms in total. The van der Waals surface area contributed by atoms with E-state index in [-0.39, 0.29) is 12.1 Å². The summed E-state index contributed by atoms with van der Waals surface area (Å²) in [6.07, 6.45) is 0.759. The largest absolute Gasteiger partial charge is 0.497 e. The summed E-state index contributed by atoms with van der Waals surface area (Å²) in [5, 5.41) is 4.27. The molecule has 6 heteroatoms. The van der Waals surface area contributed by atoms with Crippen LogP contribution in [-0.4, -0.2) is 36.7 Å².